The molecule has 0 saturated carbocycles. The predicted molar refractivity (Wildman–Crippen MR) is 69.9 cm³/mol. The molecule has 0 spiro atoms. The SMILES string of the molecule is CN(CC1CCCO1)C1(CN)CCSCC1. The number of rotatable bonds is 4. The van der Waals surface area contributed by atoms with Crippen LogP contribution in [0.1, 0.15) is 25.7 Å². The van der Waals surface area contributed by atoms with Crippen LogP contribution < -0.4 is 5.73 Å². The van der Waals surface area contributed by atoms with Gasteiger partial charge in [-0.2, -0.15) is 11.8 Å². The number of hydrogen-bond donors (Lipinski definition) is 1. The minimum absolute atomic E-state index is 0.247. The molecular weight excluding hydrogens is 220 g/mol. The van der Waals surface area contributed by atoms with E-state index in [1.165, 1.54) is 37.2 Å². The third-order valence-electron chi connectivity index (χ3n) is 4.11. The molecule has 0 aromatic carbocycles. The Morgan fingerprint density at radius 1 is 1.44 bits per heavy atom. The second kappa shape index (κ2) is 5.71. The van der Waals surface area contributed by atoms with Gasteiger partial charge in [0.1, 0.15) is 0 Å². The fourth-order valence-electron chi connectivity index (χ4n) is 2.78. The molecule has 0 bridgehead atoms. The molecule has 3 nitrogen and oxygen atoms in total. The molecular formula is C12H24N2OS. The maximum atomic E-state index is 6.02. The summed E-state index contributed by atoms with van der Waals surface area (Å²) in [6, 6.07) is 0. The van der Waals surface area contributed by atoms with Gasteiger partial charge in [-0.3, -0.25) is 4.90 Å². The summed E-state index contributed by atoms with van der Waals surface area (Å²) >= 11 is 2.06. The molecule has 1 atom stereocenters. The zero-order valence-corrected chi connectivity index (χ0v) is 11.1. The Bertz CT molecular complexity index is 213. The number of nitrogens with two attached hydrogens (primary N) is 1. The second-order valence-electron chi connectivity index (χ2n) is 5.06. The minimum atomic E-state index is 0.247. The lowest BCUT2D eigenvalue weighted by molar-refractivity contribution is 0.0332. The highest BCUT2D eigenvalue weighted by atomic mass is 32.2. The van der Waals surface area contributed by atoms with Crippen LogP contribution in [0.25, 0.3) is 0 Å². The highest BCUT2D eigenvalue weighted by Crippen LogP contribution is 2.31. The number of nitrogens with zero attached hydrogens (tertiary/aromatic N) is 1. The van der Waals surface area contributed by atoms with E-state index in [4.69, 9.17) is 10.5 Å². The summed E-state index contributed by atoms with van der Waals surface area (Å²) in [6.07, 6.45) is 5.36. The summed E-state index contributed by atoms with van der Waals surface area (Å²) in [5, 5.41) is 0. The first-order chi connectivity index (χ1) is 7.77. The summed E-state index contributed by atoms with van der Waals surface area (Å²) < 4.78 is 5.72. The van der Waals surface area contributed by atoms with E-state index in [0.717, 1.165) is 19.7 Å². The number of thioether (sulfide) groups is 1. The zero-order chi connectivity index (χ0) is 11.4. The van der Waals surface area contributed by atoms with Crippen molar-refractivity contribution >= 4 is 11.8 Å². The van der Waals surface area contributed by atoms with Crippen molar-refractivity contribution in [3.8, 4) is 0 Å². The van der Waals surface area contributed by atoms with Crippen molar-refractivity contribution in [3.63, 3.8) is 0 Å². The Balaban J connectivity index is 1.91. The fraction of sp³-hybridized carbons (Fsp3) is 1.00. The largest absolute Gasteiger partial charge is 0.377 e. The van der Waals surface area contributed by atoms with Crippen LogP contribution in [0.5, 0.6) is 0 Å². The first kappa shape index (κ1) is 12.7. The lowest BCUT2D eigenvalue weighted by Gasteiger charge is -2.44. The Kier molecular flexibility index (Phi) is 4.53. The van der Waals surface area contributed by atoms with Crippen molar-refractivity contribution in [1.82, 2.24) is 4.90 Å². The maximum Gasteiger partial charge on any atom is 0.0702 e. The van der Waals surface area contributed by atoms with E-state index >= 15 is 0 Å². The molecule has 2 fully saturated rings. The van der Waals surface area contributed by atoms with Gasteiger partial charge in [0, 0.05) is 25.2 Å². The van der Waals surface area contributed by atoms with Gasteiger partial charge in [-0.25, -0.2) is 0 Å². The Labute approximate surface area is 103 Å². The van der Waals surface area contributed by atoms with Crippen LogP contribution in [0.4, 0.5) is 0 Å². The van der Waals surface area contributed by atoms with Crippen LogP contribution in [0.2, 0.25) is 0 Å². The van der Waals surface area contributed by atoms with Crippen molar-refractivity contribution in [1.29, 1.82) is 0 Å². The molecule has 2 N–H and O–H groups in total. The zero-order valence-electron chi connectivity index (χ0n) is 10.3. The van der Waals surface area contributed by atoms with Crippen molar-refractivity contribution in [2.24, 2.45) is 5.73 Å². The average Bonchev–Trinajstić information content (AvgIpc) is 2.82. The van der Waals surface area contributed by atoms with E-state index in [1.807, 2.05) is 0 Å². The lowest BCUT2D eigenvalue weighted by Crippen LogP contribution is -2.56. The third-order valence-corrected chi connectivity index (χ3v) is 5.10. The molecule has 2 heterocycles. The average molecular weight is 244 g/mol. The predicted octanol–water partition coefficient (Wildman–Crippen LogP) is 1.32. The van der Waals surface area contributed by atoms with Gasteiger partial charge in [0.15, 0.2) is 0 Å². The van der Waals surface area contributed by atoms with Crippen LogP contribution in [0, 0.1) is 0 Å². The molecule has 2 aliphatic heterocycles. The van der Waals surface area contributed by atoms with E-state index in [1.54, 1.807) is 0 Å². The van der Waals surface area contributed by atoms with Gasteiger partial charge < -0.3 is 10.5 Å². The summed E-state index contributed by atoms with van der Waals surface area (Å²) in [4.78, 5) is 2.47. The molecule has 2 rings (SSSR count). The fourth-order valence-corrected chi connectivity index (χ4v) is 4.03. The van der Waals surface area contributed by atoms with Gasteiger partial charge in [-0.15, -0.1) is 0 Å². The number of likely N-dealkylation sites (N-methyl/N-ethyl adjacent to an activating group) is 1. The summed E-state index contributed by atoms with van der Waals surface area (Å²) in [5.41, 5.74) is 6.27. The van der Waals surface area contributed by atoms with Crippen molar-refractivity contribution in [3.05, 3.63) is 0 Å². The number of ether oxygens (including phenoxy) is 1. The molecule has 0 amide bonds. The van der Waals surface area contributed by atoms with Crippen LogP contribution in [-0.4, -0.2) is 54.8 Å². The molecule has 0 radical (unpaired) electrons. The topological polar surface area (TPSA) is 38.5 Å². The van der Waals surface area contributed by atoms with Gasteiger partial charge in [0.25, 0.3) is 0 Å². The van der Waals surface area contributed by atoms with Crippen LogP contribution in [0.15, 0.2) is 0 Å². The Morgan fingerprint density at radius 3 is 2.75 bits per heavy atom. The molecule has 0 aromatic rings. The van der Waals surface area contributed by atoms with Gasteiger partial charge >= 0.3 is 0 Å². The van der Waals surface area contributed by atoms with Gasteiger partial charge in [0.05, 0.1) is 6.10 Å². The van der Waals surface area contributed by atoms with Crippen LogP contribution in [-0.2, 0) is 4.74 Å². The summed E-state index contributed by atoms with van der Waals surface area (Å²) in [7, 11) is 2.23. The smallest absolute Gasteiger partial charge is 0.0702 e. The third kappa shape index (κ3) is 2.73. The van der Waals surface area contributed by atoms with Crippen LogP contribution in [0.3, 0.4) is 0 Å². The van der Waals surface area contributed by atoms with E-state index < -0.39 is 0 Å². The molecule has 16 heavy (non-hydrogen) atoms. The molecule has 0 aliphatic carbocycles. The monoisotopic (exact) mass is 244 g/mol. The molecule has 94 valence electrons. The van der Waals surface area contributed by atoms with Crippen molar-refractivity contribution < 1.29 is 4.74 Å². The first-order valence-corrected chi connectivity index (χ1v) is 7.53. The molecule has 4 heteroatoms. The Hall–Kier alpha value is 0.230. The van der Waals surface area contributed by atoms with E-state index in [-0.39, 0.29) is 5.54 Å². The molecule has 2 saturated heterocycles. The standard InChI is InChI=1S/C12H24N2OS/c1-14(9-11-3-2-6-15-11)12(10-13)4-7-16-8-5-12/h11H,2-10,13H2,1H3. The lowest BCUT2D eigenvalue weighted by atomic mass is 9.90. The highest BCUT2D eigenvalue weighted by molar-refractivity contribution is 7.99. The van der Waals surface area contributed by atoms with Gasteiger partial charge in [-0.05, 0) is 44.2 Å². The van der Waals surface area contributed by atoms with Crippen molar-refractivity contribution in [2.75, 3.05) is 38.2 Å². The van der Waals surface area contributed by atoms with E-state index in [0.29, 0.717) is 6.10 Å². The van der Waals surface area contributed by atoms with Crippen molar-refractivity contribution in [2.45, 2.75) is 37.3 Å². The summed E-state index contributed by atoms with van der Waals surface area (Å²) in [6.45, 7) is 2.79. The van der Waals surface area contributed by atoms with Crippen LogP contribution >= 0.6 is 11.8 Å². The molecule has 0 aromatic heterocycles. The number of hydrogen-bond acceptors (Lipinski definition) is 4. The maximum absolute atomic E-state index is 6.02. The normalized spacial score (nSPS) is 29.8. The first-order valence-electron chi connectivity index (χ1n) is 6.37. The minimum Gasteiger partial charge on any atom is -0.377 e. The van der Waals surface area contributed by atoms with Gasteiger partial charge in [-0.1, -0.05) is 0 Å². The Morgan fingerprint density at radius 2 is 2.19 bits per heavy atom. The molecule has 2 aliphatic rings. The second-order valence-corrected chi connectivity index (χ2v) is 6.28. The van der Waals surface area contributed by atoms with Gasteiger partial charge in [0.2, 0.25) is 0 Å². The van der Waals surface area contributed by atoms with E-state index in [2.05, 4.69) is 23.7 Å². The molecule has 1 unspecified atom stereocenters. The van der Waals surface area contributed by atoms with E-state index in [9.17, 15) is 0 Å². The summed E-state index contributed by atoms with van der Waals surface area (Å²) in [5.74, 6) is 2.51. The quantitative estimate of drug-likeness (QED) is 0.809. The highest BCUT2D eigenvalue weighted by Gasteiger charge is 2.36.